The smallest absolute Gasteiger partial charge is 0.165 e. The first-order chi connectivity index (χ1) is 7.65. The molecular formula is C12H13ClO3. The second kappa shape index (κ2) is 4.34. The van der Waals surface area contributed by atoms with Crippen molar-refractivity contribution in [2.45, 2.75) is 19.8 Å². The summed E-state index contributed by atoms with van der Waals surface area (Å²) in [6.07, 6.45) is 0.774. The van der Waals surface area contributed by atoms with Crippen LogP contribution in [0, 0.1) is 0 Å². The summed E-state index contributed by atoms with van der Waals surface area (Å²) in [5.74, 6) is 1.45. The third-order valence-electron chi connectivity index (χ3n) is 2.56. The van der Waals surface area contributed by atoms with Crippen LogP contribution in [-0.2, 0) is 0 Å². The Hall–Kier alpha value is -1.22. The molecule has 0 bridgehead atoms. The number of hydrogen-bond donors (Lipinski definition) is 0. The maximum atomic E-state index is 11.1. The molecule has 0 fully saturated rings. The van der Waals surface area contributed by atoms with Gasteiger partial charge in [0.1, 0.15) is 13.2 Å². The third-order valence-corrected chi connectivity index (χ3v) is 2.87. The average Bonchev–Trinajstić information content (AvgIpc) is 2.26. The summed E-state index contributed by atoms with van der Waals surface area (Å²) >= 11 is 6.04. The SMILES string of the molecule is CC(C)c1c(C=O)c(Cl)cc2c1OCCO2. The number of benzene rings is 1. The second-order valence-corrected chi connectivity index (χ2v) is 4.39. The van der Waals surface area contributed by atoms with Crippen molar-refractivity contribution in [1.82, 2.24) is 0 Å². The van der Waals surface area contributed by atoms with Gasteiger partial charge in [-0.15, -0.1) is 0 Å². The fourth-order valence-electron chi connectivity index (χ4n) is 1.89. The molecule has 1 heterocycles. The lowest BCUT2D eigenvalue weighted by Crippen LogP contribution is -2.18. The molecule has 0 saturated carbocycles. The molecule has 86 valence electrons. The average molecular weight is 241 g/mol. The lowest BCUT2D eigenvalue weighted by Gasteiger charge is -2.24. The minimum absolute atomic E-state index is 0.161. The number of aldehydes is 1. The molecule has 1 aromatic rings. The highest BCUT2D eigenvalue weighted by Gasteiger charge is 2.23. The Morgan fingerprint density at radius 3 is 2.69 bits per heavy atom. The molecular weight excluding hydrogens is 228 g/mol. The summed E-state index contributed by atoms with van der Waals surface area (Å²) in [5.41, 5.74) is 1.33. The van der Waals surface area contributed by atoms with Gasteiger partial charge >= 0.3 is 0 Å². The molecule has 0 atom stereocenters. The molecule has 1 aromatic carbocycles. The zero-order valence-electron chi connectivity index (χ0n) is 9.25. The molecule has 4 heteroatoms. The predicted molar refractivity (Wildman–Crippen MR) is 61.9 cm³/mol. The zero-order chi connectivity index (χ0) is 11.7. The number of halogens is 1. The van der Waals surface area contributed by atoms with E-state index in [-0.39, 0.29) is 5.92 Å². The van der Waals surface area contributed by atoms with Crippen LogP contribution in [0.4, 0.5) is 0 Å². The number of ether oxygens (including phenoxy) is 2. The van der Waals surface area contributed by atoms with Crippen molar-refractivity contribution >= 4 is 17.9 Å². The second-order valence-electron chi connectivity index (χ2n) is 3.98. The summed E-state index contributed by atoms with van der Waals surface area (Å²) in [6.45, 7) is 5.02. The van der Waals surface area contributed by atoms with Crippen molar-refractivity contribution < 1.29 is 14.3 Å². The minimum atomic E-state index is 0.161. The molecule has 0 N–H and O–H groups in total. The molecule has 0 aliphatic carbocycles. The van der Waals surface area contributed by atoms with Crippen LogP contribution in [0.15, 0.2) is 6.07 Å². The summed E-state index contributed by atoms with van der Waals surface area (Å²) in [6, 6.07) is 1.64. The van der Waals surface area contributed by atoms with Crippen LogP contribution in [-0.4, -0.2) is 19.5 Å². The Morgan fingerprint density at radius 1 is 1.38 bits per heavy atom. The fraction of sp³-hybridized carbons (Fsp3) is 0.417. The summed E-state index contributed by atoms with van der Waals surface area (Å²) in [4.78, 5) is 11.1. The molecule has 1 aliphatic rings. The Kier molecular flexibility index (Phi) is 3.06. The van der Waals surface area contributed by atoms with Gasteiger partial charge in [0, 0.05) is 17.2 Å². The molecule has 0 radical (unpaired) electrons. The largest absolute Gasteiger partial charge is 0.486 e. The van der Waals surface area contributed by atoms with E-state index in [0.717, 1.165) is 11.8 Å². The van der Waals surface area contributed by atoms with E-state index in [2.05, 4.69) is 0 Å². The van der Waals surface area contributed by atoms with Gasteiger partial charge < -0.3 is 9.47 Å². The van der Waals surface area contributed by atoms with Crippen LogP contribution >= 0.6 is 11.6 Å². The van der Waals surface area contributed by atoms with Crippen LogP contribution in [0.1, 0.15) is 35.7 Å². The number of hydrogen-bond acceptors (Lipinski definition) is 3. The molecule has 0 saturated heterocycles. The lowest BCUT2D eigenvalue weighted by atomic mass is 9.96. The quantitative estimate of drug-likeness (QED) is 0.746. The van der Waals surface area contributed by atoms with Crippen molar-refractivity contribution in [2.75, 3.05) is 13.2 Å². The monoisotopic (exact) mass is 240 g/mol. The normalized spacial score (nSPS) is 14.0. The highest BCUT2D eigenvalue weighted by atomic mass is 35.5. The molecule has 2 rings (SSSR count). The van der Waals surface area contributed by atoms with E-state index in [4.69, 9.17) is 21.1 Å². The van der Waals surface area contributed by atoms with Gasteiger partial charge in [-0.25, -0.2) is 0 Å². The zero-order valence-corrected chi connectivity index (χ0v) is 10.0. The Bertz CT molecular complexity index is 427. The summed E-state index contributed by atoms with van der Waals surface area (Å²) in [7, 11) is 0. The van der Waals surface area contributed by atoms with Gasteiger partial charge in [-0.3, -0.25) is 4.79 Å². The van der Waals surface area contributed by atoms with Crippen LogP contribution in [0.2, 0.25) is 5.02 Å². The topological polar surface area (TPSA) is 35.5 Å². The van der Waals surface area contributed by atoms with E-state index in [9.17, 15) is 4.79 Å². The lowest BCUT2D eigenvalue weighted by molar-refractivity contribution is 0.112. The van der Waals surface area contributed by atoms with Crippen molar-refractivity contribution in [2.24, 2.45) is 0 Å². The van der Waals surface area contributed by atoms with Crippen LogP contribution in [0.25, 0.3) is 0 Å². The molecule has 16 heavy (non-hydrogen) atoms. The van der Waals surface area contributed by atoms with Gasteiger partial charge in [-0.1, -0.05) is 25.4 Å². The van der Waals surface area contributed by atoms with E-state index in [1.165, 1.54) is 0 Å². The maximum absolute atomic E-state index is 11.1. The fourth-order valence-corrected chi connectivity index (χ4v) is 2.13. The molecule has 0 amide bonds. The van der Waals surface area contributed by atoms with E-state index in [0.29, 0.717) is 35.3 Å². The first kappa shape index (κ1) is 11.3. The number of carbonyl (C=O) groups excluding carboxylic acids is 1. The summed E-state index contributed by atoms with van der Waals surface area (Å²) < 4.78 is 11.0. The first-order valence-corrected chi connectivity index (χ1v) is 5.60. The molecule has 0 spiro atoms. The van der Waals surface area contributed by atoms with Crippen molar-refractivity contribution in [3.8, 4) is 11.5 Å². The molecule has 0 unspecified atom stereocenters. The van der Waals surface area contributed by atoms with Gasteiger partial charge in [0.05, 0.1) is 5.02 Å². The summed E-state index contributed by atoms with van der Waals surface area (Å²) in [5, 5.41) is 0.419. The first-order valence-electron chi connectivity index (χ1n) is 5.22. The Labute approximate surface area is 99.3 Å². The third kappa shape index (κ3) is 1.76. The Balaban J connectivity index is 2.68. The van der Waals surface area contributed by atoms with Crippen molar-refractivity contribution in [3.63, 3.8) is 0 Å². The van der Waals surface area contributed by atoms with E-state index >= 15 is 0 Å². The number of fused-ring (bicyclic) bond motifs is 1. The number of carbonyl (C=O) groups is 1. The standard InChI is InChI=1S/C12H13ClO3/c1-7(2)11-8(6-14)9(13)5-10-12(11)16-4-3-15-10/h5-7H,3-4H2,1-2H3. The highest BCUT2D eigenvalue weighted by molar-refractivity contribution is 6.33. The van der Waals surface area contributed by atoms with Crippen LogP contribution < -0.4 is 9.47 Å². The molecule has 1 aliphatic heterocycles. The molecule has 0 aromatic heterocycles. The van der Waals surface area contributed by atoms with E-state index < -0.39 is 0 Å². The highest BCUT2D eigenvalue weighted by Crippen LogP contribution is 2.42. The van der Waals surface area contributed by atoms with E-state index in [1.54, 1.807) is 6.07 Å². The molecule has 3 nitrogen and oxygen atoms in total. The van der Waals surface area contributed by atoms with Crippen molar-refractivity contribution in [1.29, 1.82) is 0 Å². The maximum Gasteiger partial charge on any atom is 0.165 e. The van der Waals surface area contributed by atoms with Gasteiger partial charge in [0.15, 0.2) is 17.8 Å². The predicted octanol–water partition coefficient (Wildman–Crippen LogP) is 3.05. The van der Waals surface area contributed by atoms with Gasteiger partial charge in [-0.05, 0) is 5.92 Å². The van der Waals surface area contributed by atoms with Gasteiger partial charge in [0.2, 0.25) is 0 Å². The number of rotatable bonds is 2. The Morgan fingerprint density at radius 2 is 2.06 bits per heavy atom. The van der Waals surface area contributed by atoms with Gasteiger partial charge in [0.25, 0.3) is 0 Å². The van der Waals surface area contributed by atoms with Crippen LogP contribution in [0.3, 0.4) is 0 Å². The van der Waals surface area contributed by atoms with Gasteiger partial charge in [-0.2, -0.15) is 0 Å². The van der Waals surface area contributed by atoms with Crippen molar-refractivity contribution in [3.05, 3.63) is 22.2 Å². The minimum Gasteiger partial charge on any atom is -0.486 e. The van der Waals surface area contributed by atoms with Crippen LogP contribution in [0.5, 0.6) is 11.5 Å². The van der Waals surface area contributed by atoms with E-state index in [1.807, 2.05) is 13.8 Å².